The van der Waals surface area contributed by atoms with Gasteiger partial charge in [-0.15, -0.1) is 0 Å². The van der Waals surface area contributed by atoms with Gasteiger partial charge in [-0.2, -0.15) is 0 Å². The number of benzene rings is 4. The average Bonchev–Trinajstić information content (AvgIpc) is 2.57. The smallest absolute Gasteiger partial charge is 0.0287 e. The molecular formula is C20H15I. The van der Waals surface area contributed by atoms with Gasteiger partial charge in [-0.25, -0.2) is 0 Å². The predicted octanol–water partition coefficient (Wildman–Crippen LogP) is 6.28. The van der Waals surface area contributed by atoms with Crippen LogP contribution in [0.4, 0.5) is 0 Å². The number of hydrogen-bond donors (Lipinski definition) is 0. The van der Waals surface area contributed by atoms with Gasteiger partial charge in [0.15, 0.2) is 0 Å². The number of hydrogen-bond acceptors (Lipinski definition) is 0. The van der Waals surface area contributed by atoms with Gasteiger partial charge in [-0.3, -0.25) is 0 Å². The van der Waals surface area contributed by atoms with Crippen LogP contribution in [0.1, 0.15) is 0 Å². The molecule has 0 radical (unpaired) electrons. The normalized spacial score (nSPS) is 10.1. The molecule has 0 aliphatic heterocycles. The largest absolute Gasteiger partial charge is 0.0623 e. The summed E-state index contributed by atoms with van der Waals surface area (Å²) in [5.74, 6) is 0. The first-order valence-corrected chi connectivity index (χ1v) is 8.00. The summed E-state index contributed by atoms with van der Waals surface area (Å²) in [7, 11) is 0. The van der Waals surface area contributed by atoms with Crippen molar-refractivity contribution in [1.82, 2.24) is 0 Å². The molecular weight excluding hydrogens is 367 g/mol. The summed E-state index contributed by atoms with van der Waals surface area (Å²) >= 11 is 2.44. The number of rotatable bonds is 0. The van der Waals surface area contributed by atoms with E-state index in [1.165, 1.54) is 25.1 Å². The van der Waals surface area contributed by atoms with Crippen LogP contribution in [-0.4, -0.2) is 0 Å². The minimum Gasteiger partial charge on any atom is -0.0623 e. The summed E-state index contributed by atoms with van der Waals surface area (Å²) in [4.78, 5) is 0. The molecule has 21 heavy (non-hydrogen) atoms. The van der Waals surface area contributed by atoms with Crippen molar-refractivity contribution in [1.29, 1.82) is 0 Å². The maximum absolute atomic E-state index is 2.44. The Hall–Kier alpha value is -1.87. The summed E-state index contributed by atoms with van der Waals surface area (Å²) < 4.78 is 1.35. The van der Waals surface area contributed by atoms with Gasteiger partial charge in [0, 0.05) is 3.57 Å². The van der Waals surface area contributed by atoms with Gasteiger partial charge in [0.05, 0.1) is 0 Å². The zero-order chi connectivity index (χ0) is 14.5. The van der Waals surface area contributed by atoms with Gasteiger partial charge in [-0.05, 0) is 50.2 Å². The monoisotopic (exact) mass is 382 g/mol. The maximum atomic E-state index is 2.44. The molecule has 0 heterocycles. The lowest BCUT2D eigenvalue weighted by molar-refractivity contribution is 1.72. The summed E-state index contributed by atoms with van der Waals surface area (Å²) in [5, 5.41) is 5.33. The Kier molecular flexibility index (Phi) is 4.51. The van der Waals surface area contributed by atoms with Gasteiger partial charge in [0.25, 0.3) is 0 Å². The summed E-state index contributed by atoms with van der Waals surface area (Å²) in [6, 6.07) is 31.3. The number of fused-ring (bicyclic) bond motifs is 2. The molecule has 0 saturated heterocycles. The third-order valence-corrected chi connectivity index (χ3v) is 4.53. The van der Waals surface area contributed by atoms with Crippen LogP contribution >= 0.6 is 22.6 Å². The summed E-state index contributed by atoms with van der Waals surface area (Å²) in [6.07, 6.45) is 0. The van der Waals surface area contributed by atoms with E-state index in [1.807, 2.05) is 36.4 Å². The Morgan fingerprint density at radius 3 is 1.29 bits per heavy atom. The highest BCUT2D eigenvalue weighted by Crippen LogP contribution is 2.29. The van der Waals surface area contributed by atoms with Gasteiger partial charge in [0.2, 0.25) is 0 Å². The molecule has 0 aliphatic rings. The van der Waals surface area contributed by atoms with Crippen molar-refractivity contribution in [3.05, 3.63) is 94.6 Å². The molecule has 1 heteroatoms. The molecule has 0 aromatic heterocycles. The Bertz CT molecular complexity index is 770. The molecule has 0 bridgehead atoms. The molecule has 4 aromatic rings. The predicted molar refractivity (Wildman–Crippen MR) is 101 cm³/mol. The summed E-state index contributed by atoms with van der Waals surface area (Å²) in [5.41, 5.74) is 0. The van der Waals surface area contributed by atoms with Crippen molar-refractivity contribution in [3.63, 3.8) is 0 Å². The van der Waals surface area contributed by atoms with E-state index >= 15 is 0 Å². The second-order valence-electron chi connectivity index (χ2n) is 4.79. The topological polar surface area (TPSA) is 0 Å². The Balaban J connectivity index is 0.000000186. The second kappa shape index (κ2) is 6.72. The van der Waals surface area contributed by atoms with E-state index in [0.29, 0.717) is 0 Å². The van der Waals surface area contributed by atoms with Crippen LogP contribution in [-0.2, 0) is 0 Å². The van der Waals surface area contributed by atoms with Crippen molar-refractivity contribution in [2.45, 2.75) is 0 Å². The van der Waals surface area contributed by atoms with Crippen LogP contribution in [0.25, 0.3) is 21.5 Å². The van der Waals surface area contributed by atoms with Gasteiger partial charge in [0.1, 0.15) is 0 Å². The molecule has 0 saturated carbocycles. The highest BCUT2D eigenvalue weighted by atomic mass is 127. The lowest BCUT2D eigenvalue weighted by Gasteiger charge is -2.05. The van der Waals surface area contributed by atoms with Crippen LogP contribution in [0.2, 0.25) is 0 Å². The van der Waals surface area contributed by atoms with Crippen molar-refractivity contribution in [2.75, 3.05) is 0 Å². The van der Waals surface area contributed by atoms with E-state index in [2.05, 4.69) is 77.2 Å². The van der Waals surface area contributed by atoms with E-state index in [1.54, 1.807) is 0 Å². The first kappa shape index (κ1) is 14.1. The van der Waals surface area contributed by atoms with Crippen LogP contribution in [0, 0.1) is 3.57 Å². The SMILES string of the molecule is Ic1c2ccccc2cc2ccccc12.c1ccccc1. The Labute approximate surface area is 138 Å². The molecule has 0 amide bonds. The number of halogens is 1. The third kappa shape index (κ3) is 3.24. The van der Waals surface area contributed by atoms with Crippen molar-refractivity contribution in [3.8, 4) is 0 Å². The van der Waals surface area contributed by atoms with Crippen molar-refractivity contribution in [2.24, 2.45) is 0 Å². The minimum atomic E-state index is 1.32. The molecule has 4 rings (SSSR count). The van der Waals surface area contributed by atoms with E-state index in [4.69, 9.17) is 0 Å². The van der Waals surface area contributed by atoms with E-state index < -0.39 is 0 Å². The fourth-order valence-electron chi connectivity index (χ4n) is 2.34. The van der Waals surface area contributed by atoms with Crippen molar-refractivity contribution >= 4 is 44.1 Å². The molecule has 0 unspecified atom stereocenters. The highest BCUT2D eigenvalue weighted by molar-refractivity contribution is 14.1. The standard InChI is InChI=1S/C14H9I.C6H6/c15-14-12-7-3-1-5-10(12)9-11-6-2-4-8-13(11)14;1-2-4-6-5-3-1/h1-9H;1-6H. The first-order valence-electron chi connectivity index (χ1n) is 6.92. The minimum absolute atomic E-state index is 1.32. The zero-order valence-corrected chi connectivity index (χ0v) is 13.7. The Morgan fingerprint density at radius 2 is 0.857 bits per heavy atom. The van der Waals surface area contributed by atoms with E-state index in [0.717, 1.165) is 0 Å². The lowest BCUT2D eigenvalue weighted by atomic mass is 10.0. The quantitative estimate of drug-likeness (QED) is 0.248. The molecule has 0 aliphatic carbocycles. The molecule has 0 N–H and O–H groups in total. The fourth-order valence-corrected chi connectivity index (χ4v) is 3.33. The van der Waals surface area contributed by atoms with E-state index in [-0.39, 0.29) is 0 Å². The van der Waals surface area contributed by atoms with E-state index in [9.17, 15) is 0 Å². The van der Waals surface area contributed by atoms with Crippen molar-refractivity contribution < 1.29 is 0 Å². The zero-order valence-electron chi connectivity index (χ0n) is 11.5. The van der Waals surface area contributed by atoms with Crippen LogP contribution in [0.3, 0.4) is 0 Å². The second-order valence-corrected chi connectivity index (χ2v) is 5.87. The Morgan fingerprint density at radius 1 is 0.476 bits per heavy atom. The highest BCUT2D eigenvalue weighted by Gasteiger charge is 2.02. The average molecular weight is 382 g/mol. The maximum Gasteiger partial charge on any atom is 0.0287 e. The van der Waals surface area contributed by atoms with Crippen LogP contribution in [0.5, 0.6) is 0 Å². The van der Waals surface area contributed by atoms with Gasteiger partial charge in [-0.1, -0.05) is 84.9 Å². The first-order chi connectivity index (χ1) is 10.4. The van der Waals surface area contributed by atoms with Crippen LogP contribution in [0.15, 0.2) is 91.0 Å². The lowest BCUT2D eigenvalue weighted by Crippen LogP contribution is -1.81. The fraction of sp³-hybridized carbons (Fsp3) is 0. The van der Waals surface area contributed by atoms with Crippen LogP contribution < -0.4 is 0 Å². The third-order valence-electron chi connectivity index (χ3n) is 3.37. The molecule has 0 spiro atoms. The molecule has 0 fully saturated rings. The molecule has 4 aromatic carbocycles. The van der Waals surface area contributed by atoms with Gasteiger partial charge >= 0.3 is 0 Å². The van der Waals surface area contributed by atoms with Gasteiger partial charge < -0.3 is 0 Å². The summed E-state index contributed by atoms with van der Waals surface area (Å²) in [6.45, 7) is 0. The molecule has 102 valence electrons. The molecule has 0 nitrogen and oxygen atoms in total. The molecule has 0 atom stereocenters.